The lowest BCUT2D eigenvalue weighted by Gasteiger charge is -2.31. The number of nitrogens with one attached hydrogen (secondary N) is 1. The van der Waals surface area contributed by atoms with E-state index in [1.165, 1.54) is 21.0 Å². The topological polar surface area (TPSA) is 66.5 Å². The fourth-order valence-electron chi connectivity index (χ4n) is 4.14. The minimum absolute atomic E-state index is 0.000114. The van der Waals surface area contributed by atoms with Gasteiger partial charge in [-0.15, -0.1) is 0 Å². The molecule has 1 heterocycles. The minimum Gasteiger partial charge on any atom is -0.349 e. The number of carbonyl (C=O) groups excluding carboxylic acids is 1. The maximum Gasteiger partial charge on any atom is 0.223 e. The van der Waals surface area contributed by atoms with Crippen LogP contribution in [0.25, 0.3) is 0 Å². The fourth-order valence-corrected chi connectivity index (χ4v) is 5.83. The summed E-state index contributed by atoms with van der Waals surface area (Å²) < 4.78 is 27.0. The molecule has 2 aromatic rings. The molecular weight excluding hydrogens is 432 g/mol. The highest BCUT2D eigenvalue weighted by Gasteiger charge is 2.31. The van der Waals surface area contributed by atoms with Crippen molar-refractivity contribution in [2.45, 2.75) is 52.3 Å². The van der Waals surface area contributed by atoms with Gasteiger partial charge in [0.05, 0.1) is 11.8 Å². The standard InChI is InChI=1S/C24H31ClN2O3S/c1-16-13-18(3)23(14-17(16)2)19(4)26-24(28)21-9-11-27(12-10-21)31(29,30)15-20-5-7-22(25)8-6-20/h5-8,13-14,19,21H,9-12,15H2,1-4H3,(H,26,28)/t19-/m1/s1. The van der Waals surface area contributed by atoms with Crippen molar-refractivity contribution in [1.29, 1.82) is 0 Å². The molecule has 0 spiro atoms. The number of hydrogen-bond acceptors (Lipinski definition) is 3. The van der Waals surface area contributed by atoms with Crippen molar-refractivity contribution in [3.05, 3.63) is 69.2 Å². The summed E-state index contributed by atoms with van der Waals surface area (Å²) >= 11 is 5.88. The Balaban J connectivity index is 1.57. The number of sulfonamides is 1. The van der Waals surface area contributed by atoms with Crippen molar-refractivity contribution in [2.24, 2.45) is 5.92 Å². The second kappa shape index (κ2) is 9.72. The predicted octanol–water partition coefficient (Wildman–Crippen LogP) is 4.68. The maximum atomic E-state index is 12.8. The fraction of sp³-hybridized carbons (Fsp3) is 0.458. The van der Waals surface area contributed by atoms with Crippen LogP contribution in [-0.4, -0.2) is 31.7 Å². The molecule has 0 radical (unpaired) electrons. The first-order chi connectivity index (χ1) is 14.6. The molecule has 2 aromatic carbocycles. The summed E-state index contributed by atoms with van der Waals surface area (Å²) in [5.74, 6) is -0.222. The Morgan fingerprint density at radius 3 is 2.26 bits per heavy atom. The largest absolute Gasteiger partial charge is 0.349 e. The first-order valence-corrected chi connectivity index (χ1v) is 12.7. The van der Waals surface area contributed by atoms with Crippen LogP contribution >= 0.6 is 11.6 Å². The number of hydrogen-bond donors (Lipinski definition) is 1. The van der Waals surface area contributed by atoms with Gasteiger partial charge in [-0.3, -0.25) is 4.79 Å². The number of carbonyl (C=O) groups is 1. The van der Waals surface area contributed by atoms with Crippen LogP contribution < -0.4 is 5.32 Å². The molecule has 1 aliphatic rings. The van der Waals surface area contributed by atoms with Gasteiger partial charge in [0.25, 0.3) is 0 Å². The van der Waals surface area contributed by atoms with Gasteiger partial charge in [-0.05, 0) is 80.5 Å². The SMILES string of the molecule is Cc1cc(C)c([C@@H](C)NC(=O)C2CCN(S(=O)(=O)Cc3ccc(Cl)cc3)CC2)cc1C. The molecule has 1 fully saturated rings. The lowest BCUT2D eigenvalue weighted by Crippen LogP contribution is -2.43. The van der Waals surface area contributed by atoms with Crippen LogP contribution in [0.3, 0.4) is 0 Å². The molecule has 0 unspecified atom stereocenters. The summed E-state index contributed by atoms with van der Waals surface area (Å²) in [7, 11) is -3.42. The maximum absolute atomic E-state index is 12.8. The summed E-state index contributed by atoms with van der Waals surface area (Å²) in [6.45, 7) is 8.96. The molecule has 1 amide bonds. The van der Waals surface area contributed by atoms with Crippen molar-refractivity contribution >= 4 is 27.5 Å². The molecule has 0 saturated carbocycles. The van der Waals surface area contributed by atoms with Crippen molar-refractivity contribution in [3.63, 3.8) is 0 Å². The Hall–Kier alpha value is -1.89. The third kappa shape index (κ3) is 5.88. The highest BCUT2D eigenvalue weighted by molar-refractivity contribution is 7.88. The van der Waals surface area contributed by atoms with Crippen molar-refractivity contribution in [3.8, 4) is 0 Å². The Morgan fingerprint density at radius 2 is 1.65 bits per heavy atom. The van der Waals surface area contributed by atoms with Crippen molar-refractivity contribution < 1.29 is 13.2 Å². The van der Waals surface area contributed by atoms with Gasteiger partial charge in [-0.25, -0.2) is 12.7 Å². The van der Waals surface area contributed by atoms with Gasteiger partial charge in [0, 0.05) is 24.0 Å². The van der Waals surface area contributed by atoms with Crippen LogP contribution in [0.5, 0.6) is 0 Å². The van der Waals surface area contributed by atoms with E-state index in [2.05, 4.69) is 38.2 Å². The number of halogens is 1. The van der Waals surface area contributed by atoms with Gasteiger partial charge in [-0.1, -0.05) is 35.9 Å². The average Bonchev–Trinajstić information content (AvgIpc) is 2.72. The van der Waals surface area contributed by atoms with E-state index in [1.54, 1.807) is 24.3 Å². The first kappa shape index (κ1) is 23.8. The van der Waals surface area contributed by atoms with Gasteiger partial charge in [0.1, 0.15) is 0 Å². The third-order valence-electron chi connectivity index (χ3n) is 6.19. The quantitative estimate of drug-likeness (QED) is 0.677. The summed E-state index contributed by atoms with van der Waals surface area (Å²) in [5, 5.41) is 3.71. The van der Waals surface area contributed by atoms with Crippen LogP contribution in [0, 0.1) is 26.7 Å². The molecule has 31 heavy (non-hydrogen) atoms. The molecule has 1 N–H and O–H groups in total. The zero-order chi connectivity index (χ0) is 22.8. The lowest BCUT2D eigenvalue weighted by atomic mass is 9.94. The number of aryl methyl sites for hydroxylation is 3. The van der Waals surface area contributed by atoms with Gasteiger partial charge in [0.2, 0.25) is 15.9 Å². The molecule has 0 aliphatic carbocycles. The van der Waals surface area contributed by atoms with E-state index in [9.17, 15) is 13.2 Å². The average molecular weight is 463 g/mol. The zero-order valence-electron chi connectivity index (χ0n) is 18.6. The Labute approximate surface area is 190 Å². The van der Waals surface area contributed by atoms with E-state index < -0.39 is 10.0 Å². The summed E-state index contributed by atoms with van der Waals surface area (Å²) in [4.78, 5) is 12.8. The molecular formula is C24H31ClN2O3S. The summed E-state index contributed by atoms with van der Waals surface area (Å²) in [6, 6.07) is 11.1. The molecule has 1 aliphatic heterocycles. The van der Waals surface area contributed by atoms with E-state index in [-0.39, 0.29) is 23.6 Å². The highest BCUT2D eigenvalue weighted by Crippen LogP contribution is 2.25. The smallest absolute Gasteiger partial charge is 0.223 e. The first-order valence-electron chi connectivity index (χ1n) is 10.7. The number of amides is 1. The Morgan fingerprint density at radius 1 is 1.06 bits per heavy atom. The van der Waals surface area contributed by atoms with Crippen molar-refractivity contribution in [2.75, 3.05) is 13.1 Å². The predicted molar refractivity (Wildman–Crippen MR) is 126 cm³/mol. The number of benzene rings is 2. The van der Waals surface area contributed by atoms with Crippen LogP contribution in [0.15, 0.2) is 36.4 Å². The van der Waals surface area contributed by atoms with Crippen LogP contribution in [0.1, 0.15) is 53.6 Å². The molecule has 7 heteroatoms. The molecule has 0 bridgehead atoms. The monoisotopic (exact) mass is 462 g/mol. The van der Waals surface area contributed by atoms with Crippen LogP contribution in [-0.2, 0) is 20.6 Å². The molecule has 168 valence electrons. The Bertz CT molecular complexity index is 1040. The molecule has 1 atom stereocenters. The van der Waals surface area contributed by atoms with E-state index >= 15 is 0 Å². The number of piperidine rings is 1. The molecule has 3 rings (SSSR count). The van der Waals surface area contributed by atoms with E-state index in [0.717, 1.165) is 5.56 Å². The van der Waals surface area contributed by atoms with E-state index in [4.69, 9.17) is 11.6 Å². The summed E-state index contributed by atoms with van der Waals surface area (Å²) in [6.07, 6.45) is 1.06. The number of rotatable bonds is 6. The van der Waals surface area contributed by atoms with E-state index in [0.29, 0.717) is 36.5 Å². The minimum atomic E-state index is -3.42. The van der Waals surface area contributed by atoms with Crippen molar-refractivity contribution in [1.82, 2.24) is 9.62 Å². The third-order valence-corrected chi connectivity index (χ3v) is 8.29. The lowest BCUT2D eigenvalue weighted by molar-refractivity contribution is -0.126. The summed E-state index contributed by atoms with van der Waals surface area (Å²) in [5.41, 5.74) is 5.45. The second-order valence-corrected chi connectivity index (χ2v) is 11.0. The molecule has 1 saturated heterocycles. The second-order valence-electron chi connectivity index (χ2n) is 8.58. The Kier molecular flexibility index (Phi) is 7.45. The van der Waals surface area contributed by atoms with Crippen LogP contribution in [0.4, 0.5) is 0 Å². The molecule has 0 aromatic heterocycles. The van der Waals surface area contributed by atoms with Gasteiger partial charge in [0.15, 0.2) is 0 Å². The van der Waals surface area contributed by atoms with Gasteiger partial charge < -0.3 is 5.32 Å². The zero-order valence-corrected chi connectivity index (χ0v) is 20.2. The van der Waals surface area contributed by atoms with Crippen LogP contribution in [0.2, 0.25) is 5.02 Å². The number of nitrogens with zero attached hydrogens (tertiary/aromatic N) is 1. The highest BCUT2D eigenvalue weighted by atomic mass is 35.5. The van der Waals surface area contributed by atoms with Gasteiger partial charge >= 0.3 is 0 Å². The normalized spacial score (nSPS) is 16.8. The molecule has 5 nitrogen and oxygen atoms in total. The van der Waals surface area contributed by atoms with Gasteiger partial charge in [-0.2, -0.15) is 0 Å². The van der Waals surface area contributed by atoms with E-state index in [1.807, 2.05) is 6.92 Å².